The van der Waals surface area contributed by atoms with Gasteiger partial charge in [-0.2, -0.15) is 4.72 Å². The molecule has 0 aliphatic rings. The molecule has 0 aromatic heterocycles. The maximum absolute atomic E-state index is 13.3. The number of benzene rings is 3. The van der Waals surface area contributed by atoms with Crippen LogP contribution < -0.4 is 19.5 Å². The first-order valence-corrected chi connectivity index (χ1v) is 12.8. The van der Waals surface area contributed by atoms with Crippen molar-refractivity contribution in [3.8, 4) is 11.5 Å². The number of hydrogen-bond acceptors (Lipinski definition) is 5. The van der Waals surface area contributed by atoms with Gasteiger partial charge in [0.1, 0.15) is 6.04 Å². The molecule has 0 bridgehead atoms. The largest absolute Gasteiger partial charge is 0.493 e. The van der Waals surface area contributed by atoms with Crippen LogP contribution >= 0.6 is 15.9 Å². The zero-order valence-corrected chi connectivity index (χ0v) is 21.5. The van der Waals surface area contributed by atoms with E-state index in [9.17, 15) is 13.2 Å². The van der Waals surface area contributed by atoms with Crippen molar-refractivity contribution in [3.63, 3.8) is 0 Å². The molecule has 0 heterocycles. The van der Waals surface area contributed by atoms with Crippen molar-refractivity contribution in [2.24, 2.45) is 0 Å². The molecule has 7 nitrogen and oxygen atoms in total. The van der Waals surface area contributed by atoms with Crippen molar-refractivity contribution in [1.82, 2.24) is 10.0 Å². The summed E-state index contributed by atoms with van der Waals surface area (Å²) in [6, 6.07) is 19.8. The van der Waals surface area contributed by atoms with Gasteiger partial charge in [0.25, 0.3) is 0 Å². The predicted molar refractivity (Wildman–Crippen MR) is 135 cm³/mol. The third-order valence-electron chi connectivity index (χ3n) is 5.27. The zero-order valence-electron chi connectivity index (χ0n) is 19.1. The highest BCUT2D eigenvalue weighted by molar-refractivity contribution is 9.10. The van der Waals surface area contributed by atoms with Crippen LogP contribution in [0.1, 0.15) is 24.1 Å². The average Bonchev–Trinajstić information content (AvgIpc) is 2.83. The first kappa shape index (κ1) is 25.7. The number of methoxy groups -OCH3 is 2. The summed E-state index contributed by atoms with van der Waals surface area (Å²) in [5.74, 6) is 0.251. The quantitative estimate of drug-likeness (QED) is 0.396. The topological polar surface area (TPSA) is 93.7 Å². The maximum Gasteiger partial charge on any atom is 0.241 e. The lowest BCUT2D eigenvalue weighted by Crippen LogP contribution is -2.48. The van der Waals surface area contributed by atoms with Gasteiger partial charge in [-0.3, -0.25) is 4.79 Å². The van der Waals surface area contributed by atoms with Crippen LogP contribution in [0.25, 0.3) is 0 Å². The molecule has 0 radical (unpaired) electrons. The second kappa shape index (κ2) is 11.5. The second-order valence-corrected chi connectivity index (χ2v) is 10.3. The number of hydrogen-bond donors (Lipinski definition) is 2. The lowest BCUT2D eigenvalue weighted by molar-refractivity contribution is -0.123. The lowest BCUT2D eigenvalue weighted by atomic mass is 10.0. The summed E-state index contributed by atoms with van der Waals surface area (Å²) in [5.41, 5.74) is 1.72. The molecule has 3 aromatic rings. The van der Waals surface area contributed by atoms with Crippen LogP contribution in [0.2, 0.25) is 0 Å². The van der Waals surface area contributed by atoms with Crippen LogP contribution in [0.5, 0.6) is 11.5 Å². The molecule has 0 saturated heterocycles. The van der Waals surface area contributed by atoms with Crippen molar-refractivity contribution in [3.05, 3.63) is 88.4 Å². The average molecular weight is 547 g/mol. The number of ether oxygens (including phenoxy) is 2. The molecule has 3 aromatic carbocycles. The summed E-state index contributed by atoms with van der Waals surface area (Å²) >= 11 is 3.43. The fourth-order valence-corrected chi connectivity index (χ4v) is 5.08. The lowest BCUT2D eigenvalue weighted by Gasteiger charge is -2.22. The monoisotopic (exact) mass is 546 g/mol. The number of carbonyl (C=O) groups is 1. The Labute approximate surface area is 208 Å². The predicted octanol–water partition coefficient (Wildman–Crippen LogP) is 4.23. The molecule has 180 valence electrons. The first-order chi connectivity index (χ1) is 16.2. The fourth-order valence-electron chi connectivity index (χ4n) is 3.45. The van der Waals surface area contributed by atoms with E-state index in [1.54, 1.807) is 0 Å². The van der Waals surface area contributed by atoms with Gasteiger partial charge in [-0.25, -0.2) is 8.42 Å². The van der Waals surface area contributed by atoms with Crippen molar-refractivity contribution in [1.29, 1.82) is 0 Å². The molecule has 0 aliphatic heterocycles. The van der Waals surface area contributed by atoms with Gasteiger partial charge >= 0.3 is 0 Å². The summed E-state index contributed by atoms with van der Waals surface area (Å²) in [5, 5.41) is 2.93. The second-order valence-electron chi connectivity index (χ2n) is 7.67. The third kappa shape index (κ3) is 6.59. The SMILES string of the molecule is COc1ccc(S(=O)(=O)N[C@@H](Cc2ccccc2)C(=O)N[C@H](C)c2cccc(Br)c2)cc1OC. The van der Waals surface area contributed by atoms with Crippen LogP contribution in [0.4, 0.5) is 0 Å². The molecular weight excluding hydrogens is 520 g/mol. The van der Waals surface area contributed by atoms with Gasteiger partial charge in [-0.05, 0) is 48.7 Å². The van der Waals surface area contributed by atoms with Crippen LogP contribution in [0, 0.1) is 0 Å². The molecule has 0 fully saturated rings. The normalized spacial score (nSPS) is 13.1. The minimum absolute atomic E-state index is 0.0314. The highest BCUT2D eigenvalue weighted by atomic mass is 79.9. The van der Waals surface area contributed by atoms with Crippen LogP contribution in [-0.2, 0) is 21.2 Å². The summed E-state index contributed by atoms with van der Waals surface area (Å²) in [6.07, 6.45) is 0.185. The van der Waals surface area contributed by atoms with Crippen molar-refractivity contribution >= 4 is 31.9 Å². The molecule has 0 unspecified atom stereocenters. The third-order valence-corrected chi connectivity index (χ3v) is 7.23. The van der Waals surface area contributed by atoms with Gasteiger partial charge in [0, 0.05) is 10.5 Å². The number of amides is 1. The van der Waals surface area contributed by atoms with E-state index in [0.717, 1.165) is 15.6 Å². The summed E-state index contributed by atoms with van der Waals surface area (Å²) in [6.45, 7) is 1.85. The van der Waals surface area contributed by atoms with Crippen LogP contribution in [0.15, 0.2) is 82.2 Å². The summed E-state index contributed by atoms with van der Waals surface area (Å²) < 4.78 is 40.3. The first-order valence-electron chi connectivity index (χ1n) is 10.6. The molecule has 34 heavy (non-hydrogen) atoms. The van der Waals surface area contributed by atoms with Gasteiger partial charge in [-0.15, -0.1) is 0 Å². The molecule has 2 N–H and O–H groups in total. The van der Waals surface area contributed by atoms with Gasteiger partial charge in [-0.1, -0.05) is 58.4 Å². The van der Waals surface area contributed by atoms with E-state index < -0.39 is 22.0 Å². The Hall–Kier alpha value is -2.88. The number of rotatable bonds is 10. The smallest absolute Gasteiger partial charge is 0.241 e. The van der Waals surface area contributed by atoms with E-state index in [1.165, 1.54) is 32.4 Å². The number of sulfonamides is 1. The Morgan fingerprint density at radius 2 is 1.65 bits per heavy atom. The van der Waals surface area contributed by atoms with Crippen LogP contribution in [-0.4, -0.2) is 34.6 Å². The Balaban J connectivity index is 1.87. The molecule has 0 aliphatic carbocycles. The Kier molecular flexibility index (Phi) is 8.71. The van der Waals surface area contributed by atoms with Crippen molar-refractivity contribution in [2.75, 3.05) is 14.2 Å². The summed E-state index contributed by atoms with van der Waals surface area (Å²) in [4.78, 5) is 13.2. The van der Waals surface area contributed by atoms with Gasteiger partial charge in [0.2, 0.25) is 15.9 Å². The van der Waals surface area contributed by atoms with Crippen LogP contribution in [0.3, 0.4) is 0 Å². The Morgan fingerprint density at radius 3 is 2.29 bits per heavy atom. The van der Waals surface area contributed by atoms with E-state index in [0.29, 0.717) is 5.75 Å². The van der Waals surface area contributed by atoms with Gasteiger partial charge in [0.15, 0.2) is 11.5 Å². The van der Waals surface area contributed by atoms with Crippen molar-refractivity contribution < 1.29 is 22.7 Å². The zero-order chi connectivity index (χ0) is 24.7. The van der Waals surface area contributed by atoms with E-state index in [2.05, 4.69) is 26.0 Å². The Bertz CT molecular complexity index is 1240. The highest BCUT2D eigenvalue weighted by Crippen LogP contribution is 2.29. The minimum Gasteiger partial charge on any atom is -0.493 e. The molecule has 0 spiro atoms. The van der Waals surface area contributed by atoms with Gasteiger partial charge in [0.05, 0.1) is 25.2 Å². The molecule has 2 atom stereocenters. The van der Waals surface area contributed by atoms with E-state index in [4.69, 9.17) is 9.47 Å². The number of halogens is 1. The van der Waals surface area contributed by atoms with Gasteiger partial charge < -0.3 is 14.8 Å². The van der Waals surface area contributed by atoms with E-state index >= 15 is 0 Å². The van der Waals surface area contributed by atoms with Crippen molar-refractivity contribution in [2.45, 2.75) is 30.3 Å². The molecule has 1 amide bonds. The summed E-state index contributed by atoms with van der Waals surface area (Å²) in [7, 11) is -1.15. The van der Waals surface area contributed by atoms with E-state index in [1.807, 2.05) is 61.5 Å². The number of carbonyl (C=O) groups excluding carboxylic acids is 1. The molecule has 3 rings (SSSR count). The number of nitrogens with one attached hydrogen (secondary N) is 2. The molecule has 0 saturated carbocycles. The molecular formula is C25H27BrN2O5S. The van der Waals surface area contributed by atoms with E-state index in [-0.39, 0.29) is 23.1 Å². The highest BCUT2D eigenvalue weighted by Gasteiger charge is 2.28. The fraction of sp³-hybridized carbons (Fsp3) is 0.240. The molecule has 9 heteroatoms. The standard InChI is InChI=1S/C25H27BrN2O5S/c1-17(19-10-7-11-20(26)15-19)27-25(29)22(14-18-8-5-4-6-9-18)28-34(30,31)21-12-13-23(32-2)24(16-21)33-3/h4-13,15-17,22,28H,14H2,1-3H3,(H,27,29)/t17-,22+/m1/s1. The maximum atomic E-state index is 13.3. The minimum atomic E-state index is -4.04. The Morgan fingerprint density at radius 1 is 0.941 bits per heavy atom.